The van der Waals surface area contributed by atoms with E-state index in [1.807, 2.05) is 66.7 Å². The molecule has 1 atom stereocenters. The average Bonchev–Trinajstić information content (AvgIpc) is 3.15. The lowest BCUT2D eigenvalue weighted by molar-refractivity contribution is -0.137. The lowest BCUT2D eigenvalue weighted by Crippen LogP contribution is -2.36. The topological polar surface area (TPSA) is 66.8 Å². The highest BCUT2D eigenvalue weighted by atomic mass is 35.5. The number of carbonyl (C=O) groups excluding carboxylic acids is 1. The van der Waals surface area contributed by atoms with Crippen LogP contribution in [0.3, 0.4) is 0 Å². The Morgan fingerprint density at radius 3 is 2.47 bits per heavy atom. The van der Waals surface area contributed by atoms with Crippen LogP contribution in [0.4, 0.5) is 0 Å². The summed E-state index contributed by atoms with van der Waals surface area (Å²) in [5.41, 5.74) is 3.32. The molecule has 4 rings (SSSR count). The quantitative estimate of drug-likeness (QED) is 0.446. The van der Waals surface area contributed by atoms with Gasteiger partial charge in [-0.05, 0) is 66.8 Å². The van der Waals surface area contributed by atoms with Gasteiger partial charge in [0.2, 0.25) is 0 Å². The normalized spacial score (nSPS) is 16.5. The van der Waals surface area contributed by atoms with Crippen LogP contribution in [0.15, 0.2) is 72.8 Å². The van der Waals surface area contributed by atoms with E-state index in [-0.39, 0.29) is 12.5 Å². The van der Waals surface area contributed by atoms with Crippen molar-refractivity contribution in [2.45, 2.75) is 38.2 Å². The molecule has 34 heavy (non-hydrogen) atoms. The van der Waals surface area contributed by atoms with E-state index < -0.39 is 11.6 Å². The van der Waals surface area contributed by atoms with Crippen molar-refractivity contribution in [1.82, 2.24) is 4.90 Å². The Hall–Kier alpha value is -3.31. The SMILES string of the molecule is C[C@@]1(Cc2ccc(Cl)cc2)Cc2cc(C(=O)N(CCCc3ccccc3)CC(=O)O)ccc2O1. The van der Waals surface area contributed by atoms with Gasteiger partial charge in [0.25, 0.3) is 5.91 Å². The van der Waals surface area contributed by atoms with Gasteiger partial charge in [-0.2, -0.15) is 0 Å². The fraction of sp³-hybridized carbons (Fsp3) is 0.286. The Bertz CT molecular complexity index is 1160. The van der Waals surface area contributed by atoms with Gasteiger partial charge in [0.05, 0.1) is 0 Å². The predicted molar refractivity (Wildman–Crippen MR) is 133 cm³/mol. The van der Waals surface area contributed by atoms with E-state index in [4.69, 9.17) is 16.3 Å². The van der Waals surface area contributed by atoms with Gasteiger partial charge in [-0.1, -0.05) is 54.1 Å². The number of carboxylic acid groups (broad SMARTS) is 1. The number of aliphatic carboxylic acids is 1. The second kappa shape index (κ2) is 10.3. The number of benzene rings is 3. The summed E-state index contributed by atoms with van der Waals surface area (Å²) in [5, 5.41) is 10.1. The van der Waals surface area contributed by atoms with E-state index in [9.17, 15) is 14.7 Å². The number of halogens is 1. The average molecular weight is 478 g/mol. The molecular formula is C28H28ClNO4. The molecule has 1 amide bonds. The summed E-state index contributed by atoms with van der Waals surface area (Å²) >= 11 is 6.00. The van der Waals surface area contributed by atoms with Crippen LogP contribution >= 0.6 is 11.6 Å². The van der Waals surface area contributed by atoms with Gasteiger partial charge in [-0.25, -0.2) is 0 Å². The van der Waals surface area contributed by atoms with Crippen LogP contribution in [0.5, 0.6) is 5.75 Å². The Balaban J connectivity index is 1.44. The van der Waals surface area contributed by atoms with Crippen LogP contribution in [0, 0.1) is 0 Å². The highest BCUT2D eigenvalue weighted by Gasteiger charge is 2.35. The molecule has 0 aromatic heterocycles. The van der Waals surface area contributed by atoms with Crippen molar-refractivity contribution in [1.29, 1.82) is 0 Å². The number of carbonyl (C=O) groups is 2. The van der Waals surface area contributed by atoms with E-state index in [1.54, 1.807) is 6.07 Å². The molecule has 5 nitrogen and oxygen atoms in total. The number of ether oxygens (including phenoxy) is 1. The van der Waals surface area contributed by atoms with Gasteiger partial charge in [-0.15, -0.1) is 0 Å². The summed E-state index contributed by atoms with van der Waals surface area (Å²) in [6, 6.07) is 23.1. The summed E-state index contributed by atoms with van der Waals surface area (Å²) in [4.78, 5) is 26.1. The van der Waals surface area contributed by atoms with E-state index >= 15 is 0 Å². The van der Waals surface area contributed by atoms with Crippen molar-refractivity contribution in [3.05, 3.63) is 100 Å². The molecule has 176 valence electrons. The van der Waals surface area contributed by atoms with Crippen molar-refractivity contribution in [3.8, 4) is 5.75 Å². The summed E-state index contributed by atoms with van der Waals surface area (Å²) in [6.45, 7) is 2.11. The third kappa shape index (κ3) is 5.97. The molecule has 0 unspecified atom stereocenters. The fourth-order valence-corrected chi connectivity index (χ4v) is 4.63. The number of hydrogen-bond acceptors (Lipinski definition) is 3. The van der Waals surface area contributed by atoms with Gasteiger partial charge < -0.3 is 14.7 Å². The first kappa shape index (κ1) is 23.8. The molecule has 0 spiro atoms. The number of hydrogen-bond donors (Lipinski definition) is 1. The number of amides is 1. The highest BCUT2D eigenvalue weighted by molar-refractivity contribution is 6.30. The molecule has 0 saturated heterocycles. The lowest BCUT2D eigenvalue weighted by Gasteiger charge is -2.24. The molecule has 3 aromatic rings. The molecule has 0 aliphatic carbocycles. The second-order valence-electron chi connectivity index (χ2n) is 9.06. The minimum Gasteiger partial charge on any atom is -0.487 e. The summed E-state index contributed by atoms with van der Waals surface area (Å²) in [7, 11) is 0. The first-order valence-corrected chi connectivity index (χ1v) is 11.8. The maximum atomic E-state index is 13.2. The van der Waals surface area contributed by atoms with Crippen molar-refractivity contribution < 1.29 is 19.4 Å². The standard InChI is InChI=1S/C28H28ClNO4/c1-28(17-21-9-12-24(29)13-10-21)18-23-16-22(11-14-25(23)34-28)27(33)30(19-26(31)32)15-5-8-20-6-3-2-4-7-20/h2-4,6-7,9-14,16H,5,8,15,17-19H2,1H3,(H,31,32)/t28-/m1/s1. The molecule has 0 bridgehead atoms. The molecule has 1 aliphatic rings. The smallest absolute Gasteiger partial charge is 0.323 e. The number of fused-ring (bicyclic) bond motifs is 1. The fourth-order valence-electron chi connectivity index (χ4n) is 4.50. The van der Waals surface area contributed by atoms with Crippen molar-refractivity contribution in [2.75, 3.05) is 13.1 Å². The Morgan fingerprint density at radius 1 is 1.03 bits per heavy atom. The van der Waals surface area contributed by atoms with Crippen LogP contribution in [-0.4, -0.2) is 40.6 Å². The third-order valence-electron chi connectivity index (χ3n) is 6.07. The van der Waals surface area contributed by atoms with E-state index in [2.05, 4.69) is 6.92 Å². The van der Waals surface area contributed by atoms with Crippen molar-refractivity contribution in [2.24, 2.45) is 0 Å². The molecule has 3 aromatic carbocycles. The zero-order valence-electron chi connectivity index (χ0n) is 19.2. The molecule has 1 heterocycles. The monoisotopic (exact) mass is 477 g/mol. The zero-order valence-corrected chi connectivity index (χ0v) is 19.9. The first-order chi connectivity index (χ1) is 16.3. The zero-order chi connectivity index (χ0) is 24.1. The van der Waals surface area contributed by atoms with E-state index in [0.29, 0.717) is 36.4 Å². The summed E-state index contributed by atoms with van der Waals surface area (Å²) < 4.78 is 6.25. The summed E-state index contributed by atoms with van der Waals surface area (Å²) in [5.74, 6) is -0.528. The Morgan fingerprint density at radius 2 is 1.76 bits per heavy atom. The van der Waals surface area contributed by atoms with Crippen LogP contribution in [0.25, 0.3) is 0 Å². The molecule has 0 radical (unpaired) electrons. The third-order valence-corrected chi connectivity index (χ3v) is 6.32. The van der Waals surface area contributed by atoms with Crippen LogP contribution < -0.4 is 4.74 Å². The largest absolute Gasteiger partial charge is 0.487 e. The van der Waals surface area contributed by atoms with Crippen molar-refractivity contribution >= 4 is 23.5 Å². The van der Waals surface area contributed by atoms with Crippen LogP contribution in [0.2, 0.25) is 5.02 Å². The van der Waals surface area contributed by atoms with Gasteiger partial charge in [0.1, 0.15) is 17.9 Å². The van der Waals surface area contributed by atoms with Gasteiger partial charge in [-0.3, -0.25) is 9.59 Å². The van der Waals surface area contributed by atoms with Crippen molar-refractivity contribution in [3.63, 3.8) is 0 Å². The predicted octanol–water partition coefficient (Wildman–Crippen LogP) is 5.44. The van der Waals surface area contributed by atoms with Gasteiger partial charge >= 0.3 is 5.97 Å². The Kier molecular flexibility index (Phi) is 7.23. The Labute approximate surface area is 204 Å². The molecule has 6 heteroatoms. The molecule has 0 fully saturated rings. The van der Waals surface area contributed by atoms with Crippen LogP contribution in [-0.2, 0) is 24.1 Å². The minimum absolute atomic E-state index is 0.274. The number of nitrogens with zero attached hydrogens (tertiary/aromatic N) is 1. The molecule has 0 saturated carbocycles. The molecule has 1 N–H and O–H groups in total. The minimum atomic E-state index is -1.02. The molecule has 1 aliphatic heterocycles. The van der Waals surface area contributed by atoms with E-state index in [1.165, 1.54) is 10.5 Å². The number of rotatable bonds is 9. The summed E-state index contributed by atoms with van der Waals surface area (Å²) in [6.07, 6.45) is 2.85. The first-order valence-electron chi connectivity index (χ1n) is 11.4. The van der Waals surface area contributed by atoms with Gasteiger partial charge in [0.15, 0.2) is 0 Å². The second-order valence-corrected chi connectivity index (χ2v) is 9.50. The maximum Gasteiger partial charge on any atom is 0.323 e. The number of aryl methyl sites for hydroxylation is 1. The highest BCUT2D eigenvalue weighted by Crippen LogP contribution is 2.37. The number of carboxylic acids is 1. The van der Waals surface area contributed by atoms with Crippen LogP contribution in [0.1, 0.15) is 40.4 Å². The lowest BCUT2D eigenvalue weighted by atomic mass is 9.91. The van der Waals surface area contributed by atoms with Gasteiger partial charge in [0, 0.05) is 30.0 Å². The molecular weight excluding hydrogens is 450 g/mol. The maximum absolute atomic E-state index is 13.2. The van der Waals surface area contributed by atoms with E-state index in [0.717, 1.165) is 23.3 Å².